The van der Waals surface area contributed by atoms with Crippen molar-refractivity contribution in [2.45, 2.75) is 26.4 Å². The lowest BCUT2D eigenvalue weighted by Gasteiger charge is -2.31. The SMILES string of the molecule is CNCC(C(C)C)N(C)Cc1cccc(Br)c1. The molecular weight excluding hydrogens is 276 g/mol. The second-order valence-corrected chi connectivity index (χ2v) is 5.83. The lowest BCUT2D eigenvalue weighted by molar-refractivity contribution is 0.182. The number of likely N-dealkylation sites (N-methyl/N-ethyl adjacent to an activating group) is 2. The van der Waals surface area contributed by atoms with Crippen LogP contribution in [0.2, 0.25) is 0 Å². The molecule has 17 heavy (non-hydrogen) atoms. The largest absolute Gasteiger partial charge is 0.318 e. The Morgan fingerprint density at radius 2 is 2.06 bits per heavy atom. The molecule has 0 bridgehead atoms. The van der Waals surface area contributed by atoms with Gasteiger partial charge in [-0.3, -0.25) is 4.90 Å². The van der Waals surface area contributed by atoms with Crippen LogP contribution in [0, 0.1) is 5.92 Å². The summed E-state index contributed by atoms with van der Waals surface area (Å²) >= 11 is 3.52. The molecule has 0 spiro atoms. The van der Waals surface area contributed by atoms with E-state index < -0.39 is 0 Å². The van der Waals surface area contributed by atoms with Gasteiger partial charge in [-0.15, -0.1) is 0 Å². The third kappa shape index (κ3) is 4.78. The summed E-state index contributed by atoms with van der Waals surface area (Å²) in [5.41, 5.74) is 1.35. The van der Waals surface area contributed by atoms with Gasteiger partial charge < -0.3 is 5.32 Å². The van der Waals surface area contributed by atoms with Gasteiger partial charge >= 0.3 is 0 Å². The van der Waals surface area contributed by atoms with Crippen LogP contribution >= 0.6 is 15.9 Å². The first-order valence-corrected chi connectivity index (χ1v) is 6.93. The highest BCUT2D eigenvalue weighted by Gasteiger charge is 2.17. The standard InChI is InChI=1S/C14H23BrN2/c1-11(2)14(9-16-3)17(4)10-12-6-5-7-13(15)8-12/h5-8,11,14,16H,9-10H2,1-4H3. The monoisotopic (exact) mass is 298 g/mol. The second kappa shape index (κ2) is 7.14. The van der Waals surface area contributed by atoms with Crippen LogP contribution in [0.1, 0.15) is 19.4 Å². The fourth-order valence-electron chi connectivity index (χ4n) is 2.15. The van der Waals surface area contributed by atoms with E-state index in [1.807, 2.05) is 7.05 Å². The van der Waals surface area contributed by atoms with E-state index in [1.54, 1.807) is 0 Å². The van der Waals surface area contributed by atoms with Gasteiger partial charge in [0, 0.05) is 23.6 Å². The molecule has 1 aromatic rings. The Bertz CT molecular complexity index is 339. The molecule has 0 aliphatic heterocycles. The van der Waals surface area contributed by atoms with E-state index in [1.165, 1.54) is 5.56 Å². The summed E-state index contributed by atoms with van der Waals surface area (Å²) in [6.45, 7) is 6.57. The fourth-order valence-corrected chi connectivity index (χ4v) is 2.60. The maximum atomic E-state index is 3.52. The van der Waals surface area contributed by atoms with E-state index in [0.29, 0.717) is 12.0 Å². The third-order valence-corrected chi connectivity index (χ3v) is 3.56. The Labute approximate surface area is 114 Å². The number of rotatable bonds is 6. The van der Waals surface area contributed by atoms with Crippen LogP contribution < -0.4 is 5.32 Å². The summed E-state index contributed by atoms with van der Waals surface area (Å²) in [6, 6.07) is 9.09. The Morgan fingerprint density at radius 1 is 1.35 bits per heavy atom. The average molecular weight is 299 g/mol. The normalized spacial score (nSPS) is 13.4. The van der Waals surface area contributed by atoms with Crippen LogP contribution in [0.3, 0.4) is 0 Å². The lowest BCUT2D eigenvalue weighted by Crippen LogP contribution is -2.42. The molecule has 0 heterocycles. The van der Waals surface area contributed by atoms with Crippen LogP contribution in [-0.4, -0.2) is 31.6 Å². The van der Waals surface area contributed by atoms with Gasteiger partial charge in [0.05, 0.1) is 0 Å². The van der Waals surface area contributed by atoms with Gasteiger partial charge in [0.2, 0.25) is 0 Å². The van der Waals surface area contributed by atoms with Crippen LogP contribution in [0.4, 0.5) is 0 Å². The molecule has 0 aliphatic rings. The first-order chi connectivity index (χ1) is 8.04. The molecule has 1 N–H and O–H groups in total. The summed E-state index contributed by atoms with van der Waals surface area (Å²) in [5.74, 6) is 0.652. The topological polar surface area (TPSA) is 15.3 Å². The summed E-state index contributed by atoms with van der Waals surface area (Å²) in [4.78, 5) is 2.42. The molecule has 0 aliphatic carbocycles. The molecule has 1 unspecified atom stereocenters. The molecule has 0 radical (unpaired) electrons. The van der Waals surface area contributed by atoms with Crippen LogP contribution in [0.5, 0.6) is 0 Å². The highest BCUT2D eigenvalue weighted by molar-refractivity contribution is 9.10. The number of halogens is 1. The summed E-state index contributed by atoms with van der Waals surface area (Å²) < 4.78 is 1.15. The molecular formula is C14H23BrN2. The van der Waals surface area contributed by atoms with Crippen molar-refractivity contribution in [3.8, 4) is 0 Å². The van der Waals surface area contributed by atoms with Gasteiger partial charge in [-0.25, -0.2) is 0 Å². The van der Waals surface area contributed by atoms with Crippen molar-refractivity contribution in [2.24, 2.45) is 5.92 Å². The predicted octanol–water partition coefficient (Wildman–Crippen LogP) is 3.12. The number of hydrogen-bond acceptors (Lipinski definition) is 2. The Morgan fingerprint density at radius 3 is 2.59 bits per heavy atom. The molecule has 1 aromatic carbocycles. The number of benzene rings is 1. The average Bonchev–Trinajstić information content (AvgIpc) is 2.25. The van der Waals surface area contributed by atoms with E-state index >= 15 is 0 Å². The first-order valence-electron chi connectivity index (χ1n) is 6.14. The van der Waals surface area contributed by atoms with Crippen molar-refractivity contribution in [3.05, 3.63) is 34.3 Å². The molecule has 3 heteroatoms. The van der Waals surface area contributed by atoms with Crippen LogP contribution in [-0.2, 0) is 6.54 Å². The van der Waals surface area contributed by atoms with Crippen molar-refractivity contribution >= 4 is 15.9 Å². The number of hydrogen-bond donors (Lipinski definition) is 1. The summed E-state index contributed by atoms with van der Waals surface area (Å²) in [7, 11) is 4.21. The van der Waals surface area contributed by atoms with E-state index in [0.717, 1.165) is 17.6 Å². The van der Waals surface area contributed by atoms with Crippen molar-refractivity contribution < 1.29 is 0 Å². The molecule has 0 fully saturated rings. The van der Waals surface area contributed by atoms with E-state index in [9.17, 15) is 0 Å². The minimum absolute atomic E-state index is 0.569. The second-order valence-electron chi connectivity index (χ2n) is 4.91. The van der Waals surface area contributed by atoms with Crippen molar-refractivity contribution in [1.82, 2.24) is 10.2 Å². The molecule has 96 valence electrons. The summed E-state index contributed by atoms with van der Waals surface area (Å²) in [5, 5.41) is 3.28. The lowest BCUT2D eigenvalue weighted by atomic mass is 10.0. The van der Waals surface area contributed by atoms with E-state index in [4.69, 9.17) is 0 Å². The first kappa shape index (κ1) is 14.7. The maximum absolute atomic E-state index is 3.52. The predicted molar refractivity (Wildman–Crippen MR) is 78.2 cm³/mol. The molecule has 1 rings (SSSR count). The zero-order chi connectivity index (χ0) is 12.8. The highest BCUT2D eigenvalue weighted by Crippen LogP contribution is 2.16. The smallest absolute Gasteiger partial charge is 0.0243 e. The third-order valence-electron chi connectivity index (χ3n) is 3.07. The van der Waals surface area contributed by atoms with Crippen molar-refractivity contribution in [1.29, 1.82) is 0 Å². The Hall–Kier alpha value is -0.380. The quantitative estimate of drug-likeness (QED) is 0.868. The van der Waals surface area contributed by atoms with E-state index in [-0.39, 0.29) is 0 Å². The Balaban J connectivity index is 2.66. The van der Waals surface area contributed by atoms with Gasteiger partial charge in [-0.1, -0.05) is 41.9 Å². The van der Waals surface area contributed by atoms with E-state index in [2.05, 4.69) is 71.3 Å². The van der Waals surface area contributed by atoms with Gasteiger partial charge in [0.25, 0.3) is 0 Å². The molecule has 1 atom stereocenters. The zero-order valence-electron chi connectivity index (χ0n) is 11.2. The van der Waals surface area contributed by atoms with Gasteiger partial charge in [0.1, 0.15) is 0 Å². The molecule has 0 saturated heterocycles. The van der Waals surface area contributed by atoms with Crippen LogP contribution in [0.15, 0.2) is 28.7 Å². The molecule has 2 nitrogen and oxygen atoms in total. The minimum Gasteiger partial charge on any atom is -0.318 e. The van der Waals surface area contributed by atoms with Crippen LogP contribution in [0.25, 0.3) is 0 Å². The van der Waals surface area contributed by atoms with Crippen molar-refractivity contribution in [2.75, 3.05) is 20.6 Å². The van der Waals surface area contributed by atoms with Gasteiger partial charge in [-0.2, -0.15) is 0 Å². The number of nitrogens with one attached hydrogen (secondary N) is 1. The molecule has 0 aromatic heterocycles. The number of nitrogens with zero attached hydrogens (tertiary/aromatic N) is 1. The van der Waals surface area contributed by atoms with Crippen molar-refractivity contribution in [3.63, 3.8) is 0 Å². The Kier molecular flexibility index (Phi) is 6.17. The van der Waals surface area contributed by atoms with Gasteiger partial charge in [-0.05, 0) is 37.7 Å². The minimum atomic E-state index is 0.569. The maximum Gasteiger partial charge on any atom is 0.0243 e. The van der Waals surface area contributed by atoms with Gasteiger partial charge in [0.15, 0.2) is 0 Å². The summed E-state index contributed by atoms with van der Waals surface area (Å²) in [6.07, 6.45) is 0. The molecule has 0 amide bonds. The zero-order valence-corrected chi connectivity index (χ0v) is 12.8. The molecule has 0 saturated carbocycles. The fraction of sp³-hybridized carbons (Fsp3) is 0.571. The highest BCUT2D eigenvalue weighted by atomic mass is 79.9.